The van der Waals surface area contributed by atoms with Gasteiger partial charge >= 0.3 is 0 Å². The van der Waals surface area contributed by atoms with E-state index in [1.165, 1.54) is 25.7 Å². The monoisotopic (exact) mass is 856 g/mol. The summed E-state index contributed by atoms with van der Waals surface area (Å²) in [6.07, 6.45) is 25.0. The summed E-state index contributed by atoms with van der Waals surface area (Å²) < 4.78 is 3.69. The molecule has 2 N–H and O–H groups in total. The van der Waals surface area contributed by atoms with Crippen LogP contribution in [0.25, 0.3) is 44.6 Å². The molecule has 10 heterocycles. The number of hydrogen-bond donors (Lipinski definition) is 2. The number of nitrogens with one attached hydrogen (secondary N) is 2. The van der Waals surface area contributed by atoms with Crippen molar-refractivity contribution >= 4 is 57.2 Å². The summed E-state index contributed by atoms with van der Waals surface area (Å²) in [6, 6.07) is 11.2. The molecule has 8 aromatic heterocycles. The minimum atomic E-state index is -0.173. The first-order chi connectivity index (χ1) is 31.3. The summed E-state index contributed by atoms with van der Waals surface area (Å²) in [6.45, 7) is 8.83. The molecule has 0 spiro atoms. The molecule has 64 heavy (non-hydrogen) atoms. The fourth-order valence-electron chi connectivity index (χ4n) is 8.49. The van der Waals surface area contributed by atoms with Crippen molar-refractivity contribution in [1.29, 1.82) is 0 Å². The van der Waals surface area contributed by atoms with Crippen molar-refractivity contribution < 1.29 is 9.59 Å². The number of carbonyl (C=O) groups is 2. The average molecular weight is 857 g/mol. The maximum atomic E-state index is 12.7. The van der Waals surface area contributed by atoms with E-state index < -0.39 is 0 Å². The molecule has 2 unspecified atom stereocenters. The number of hydrogen-bond acceptors (Lipinski definition) is 14. The Labute approximate surface area is 369 Å². The molecule has 2 aliphatic rings. The van der Waals surface area contributed by atoms with E-state index in [-0.39, 0.29) is 24.9 Å². The number of piperidine rings is 2. The third kappa shape index (κ3) is 9.65. The van der Waals surface area contributed by atoms with Gasteiger partial charge in [-0.25, -0.2) is 29.9 Å². The lowest BCUT2D eigenvalue weighted by Gasteiger charge is -2.36. The van der Waals surface area contributed by atoms with Crippen molar-refractivity contribution in [3.63, 3.8) is 0 Å². The fraction of sp³-hybridized carbons (Fsp3) is 0.304. The molecule has 18 nitrogen and oxygen atoms in total. The van der Waals surface area contributed by atoms with Gasteiger partial charge in [0.2, 0.25) is 11.8 Å². The molecule has 0 aromatic carbocycles. The molecule has 2 aliphatic heterocycles. The first-order valence-corrected chi connectivity index (χ1v) is 21.5. The molecule has 8 aromatic rings. The highest BCUT2D eigenvalue weighted by Gasteiger charge is 2.25. The second kappa shape index (κ2) is 19.1. The Morgan fingerprint density at radius 2 is 1.06 bits per heavy atom. The maximum absolute atomic E-state index is 12.7. The highest BCUT2D eigenvalue weighted by Crippen LogP contribution is 2.30. The molecular formula is C46H48N16O2. The maximum Gasteiger partial charge on any atom is 0.245 e. The Balaban J connectivity index is 0.000000162. The van der Waals surface area contributed by atoms with Gasteiger partial charge in [-0.05, 0) is 73.9 Å². The van der Waals surface area contributed by atoms with E-state index in [1.54, 1.807) is 74.4 Å². The second-order valence-corrected chi connectivity index (χ2v) is 16.3. The van der Waals surface area contributed by atoms with Gasteiger partial charge in [0, 0.05) is 86.9 Å². The highest BCUT2D eigenvalue weighted by atomic mass is 16.2. The van der Waals surface area contributed by atoms with Crippen LogP contribution < -0.4 is 20.4 Å². The zero-order valence-electron chi connectivity index (χ0n) is 35.7. The van der Waals surface area contributed by atoms with Crippen LogP contribution in [-0.2, 0) is 22.7 Å². The van der Waals surface area contributed by atoms with Crippen LogP contribution in [-0.4, -0.2) is 97.0 Å². The van der Waals surface area contributed by atoms with E-state index in [2.05, 4.69) is 84.1 Å². The Hall–Kier alpha value is -7.76. The van der Waals surface area contributed by atoms with Crippen LogP contribution in [0.4, 0.5) is 23.3 Å². The number of rotatable bonds is 10. The van der Waals surface area contributed by atoms with Gasteiger partial charge in [0.05, 0.1) is 34.6 Å². The Morgan fingerprint density at radius 3 is 1.52 bits per heavy atom. The van der Waals surface area contributed by atoms with Gasteiger partial charge in [-0.15, -0.1) is 0 Å². The fourth-order valence-corrected chi connectivity index (χ4v) is 8.49. The number of carbonyl (C=O) groups excluding carboxylic acids is 2. The van der Waals surface area contributed by atoms with Crippen LogP contribution in [0.15, 0.2) is 111 Å². The Morgan fingerprint density at radius 1 is 0.562 bits per heavy atom. The topological polar surface area (TPSA) is 203 Å². The average Bonchev–Trinajstić information content (AvgIpc) is 3.94. The predicted octanol–water partition coefficient (Wildman–Crippen LogP) is 6.32. The largest absolute Gasteiger partial charge is 0.356 e. The number of anilines is 4. The minimum absolute atomic E-state index is 0.139. The third-order valence-corrected chi connectivity index (χ3v) is 11.3. The summed E-state index contributed by atoms with van der Waals surface area (Å²) in [5.74, 6) is 3.76. The van der Waals surface area contributed by atoms with E-state index in [0.717, 1.165) is 82.4 Å². The van der Waals surface area contributed by atoms with Crippen molar-refractivity contribution in [3.8, 4) is 22.5 Å². The highest BCUT2D eigenvalue weighted by molar-refractivity contribution is 5.94. The van der Waals surface area contributed by atoms with Crippen LogP contribution in [0.5, 0.6) is 0 Å². The standard InChI is InChI=1S/C24H26N8O.C22H22N8O/c1-16-9-17(2)13-32(12-16)24-19-5-8-31(23(19)28-15-29-24)14-22(33)30-21-4-3-18(10-27-21)20-11-25-6-7-26-20;31-20(28-19-5-4-16(12-25-19)18-13-23-7-8-24-18)14-30-11-6-17-21(26-15-27-22(17)30)29-9-2-1-3-10-29/h3-8,10-11,15-17H,9,12-14H2,1-2H3,(H,27,30,33);4-8,11-13,15H,1-3,9-10,14H2,(H,25,28,31). The molecule has 10 rings (SSSR count). The molecule has 0 bridgehead atoms. The number of nitrogens with zero attached hydrogens (tertiary/aromatic N) is 14. The van der Waals surface area contributed by atoms with Crippen LogP contribution in [0.1, 0.15) is 39.5 Å². The lowest BCUT2D eigenvalue weighted by Crippen LogP contribution is -2.39. The molecule has 2 saturated heterocycles. The van der Waals surface area contributed by atoms with Gasteiger partial charge in [0.1, 0.15) is 60.3 Å². The summed E-state index contributed by atoms with van der Waals surface area (Å²) >= 11 is 0. The predicted molar refractivity (Wildman–Crippen MR) is 244 cm³/mol. The van der Waals surface area contributed by atoms with Crippen LogP contribution in [0.2, 0.25) is 0 Å². The van der Waals surface area contributed by atoms with E-state index in [0.29, 0.717) is 23.5 Å². The number of amides is 2. The van der Waals surface area contributed by atoms with Crippen molar-refractivity contribution in [2.45, 2.75) is 52.6 Å². The van der Waals surface area contributed by atoms with Crippen molar-refractivity contribution in [3.05, 3.63) is 111 Å². The van der Waals surface area contributed by atoms with Gasteiger partial charge in [0.25, 0.3) is 0 Å². The molecule has 2 amide bonds. The van der Waals surface area contributed by atoms with Gasteiger partial charge in [-0.3, -0.25) is 29.5 Å². The van der Waals surface area contributed by atoms with E-state index in [4.69, 9.17) is 0 Å². The summed E-state index contributed by atoms with van der Waals surface area (Å²) in [4.78, 5) is 73.2. The van der Waals surface area contributed by atoms with Gasteiger partial charge in [-0.2, -0.15) is 0 Å². The molecule has 0 radical (unpaired) electrons. The molecular weight excluding hydrogens is 809 g/mol. The summed E-state index contributed by atoms with van der Waals surface area (Å²) in [5.41, 5.74) is 4.65. The van der Waals surface area contributed by atoms with E-state index in [9.17, 15) is 9.59 Å². The van der Waals surface area contributed by atoms with Crippen molar-refractivity contribution in [2.75, 3.05) is 46.6 Å². The van der Waals surface area contributed by atoms with Crippen molar-refractivity contribution in [2.24, 2.45) is 11.8 Å². The van der Waals surface area contributed by atoms with Crippen molar-refractivity contribution in [1.82, 2.24) is 59.0 Å². The Kier molecular flexibility index (Phi) is 12.4. The molecule has 324 valence electrons. The van der Waals surface area contributed by atoms with Gasteiger partial charge in [0.15, 0.2) is 0 Å². The minimum Gasteiger partial charge on any atom is -0.356 e. The zero-order chi connectivity index (χ0) is 43.8. The molecule has 0 saturated carbocycles. The smallest absolute Gasteiger partial charge is 0.245 e. The SMILES string of the molecule is CC1CC(C)CN(c2ncnc3c2ccn3CC(=O)Nc2ccc(-c3cnccn3)cn2)C1.O=C(Cn1ccc2c(N3CCCCC3)ncnc21)Nc1ccc(-c2cnccn2)cn1. The van der Waals surface area contributed by atoms with Gasteiger partial charge in [-0.1, -0.05) is 13.8 Å². The number of pyridine rings is 2. The van der Waals surface area contributed by atoms with E-state index in [1.807, 2.05) is 45.8 Å². The van der Waals surface area contributed by atoms with Crippen LogP contribution in [0.3, 0.4) is 0 Å². The lowest BCUT2D eigenvalue weighted by atomic mass is 9.92. The van der Waals surface area contributed by atoms with Crippen LogP contribution >= 0.6 is 0 Å². The molecule has 18 heteroatoms. The van der Waals surface area contributed by atoms with Gasteiger partial charge < -0.3 is 29.6 Å². The zero-order valence-corrected chi connectivity index (χ0v) is 35.7. The second-order valence-electron chi connectivity index (χ2n) is 16.3. The van der Waals surface area contributed by atoms with Crippen LogP contribution in [0, 0.1) is 11.8 Å². The first kappa shape index (κ1) is 41.6. The number of fused-ring (bicyclic) bond motifs is 2. The lowest BCUT2D eigenvalue weighted by molar-refractivity contribution is -0.117. The summed E-state index contributed by atoms with van der Waals surface area (Å²) in [5, 5.41) is 7.64. The Bertz CT molecular complexity index is 2820. The quantitative estimate of drug-likeness (QED) is 0.155. The third-order valence-electron chi connectivity index (χ3n) is 11.3. The molecule has 2 fully saturated rings. The summed E-state index contributed by atoms with van der Waals surface area (Å²) in [7, 11) is 0. The first-order valence-electron chi connectivity index (χ1n) is 21.5. The molecule has 2 atom stereocenters. The van der Waals surface area contributed by atoms with E-state index >= 15 is 0 Å². The number of aromatic nitrogens is 12. The molecule has 0 aliphatic carbocycles. The normalized spacial score (nSPS) is 16.3.